The molecule has 0 bridgehead atoms. The van der Waals surface area contributed by atoms with E-state index in [9.17, 15) is 0 Å². The molecule has 1 aromatic heterocycles. The normalized spacial score (nSPS) is 12.1. The third kappa shape index (κ3) is 4.77. The molecule has 0 spiro atoms. The molecule has 0 unspecified atom stereocenters. The molecule has 1 heterocycles. The predicted molar refractivity (Wildman–Crippen MR) is 65.4 cm³/mol. The summed E-state index contributed by atoms with van der Waals surface area (Å²) in [5.41, 5.74) is 1.15. The van der Waals surface area contributed by atoms with Crippen molar-refractivity contribution in [3.8, 4) is 0 Å². The monoisotopic (exact) mass is 225 g/mol. The number of nitrogens with zero attached hydrogens (tertiary/aromatic N) is 1. The van der Waals surface area contributed by atoms with Crippen molar-refractivity contribution in [1.29, 1.82) is 0 Å². The van der Waals surface area contributed by atoms with Crippen LogP contribution in [0.5, 0.6) is 0 Å². The van der Waals surface area contributed by atoms with Gasteiger partial charge in [0.15, 0.2) is 0 Å². The highest BCUT2D eigenvalue weighted by atomic mass is 16.4. The Hall–Kier alpha value is -0.870. The largest absolute Gasteiger partial charge is 0.444 e. The molecule has 2 N–H and O–H groups in total. The molecule has 16 heavy (non-hydrogen) atoms. The quantitative estimate of drug-likeness (QED) is 0.750. The molecule has 0 fully saturated rings. The molecule has 0 aliphatic carbocycles. The van der Waals surface area contributed by atoms with E-state index in [-0.39, 0.29) is 5.54 Å². The summed E-state index contributed by atoms with van der Waals surface area (Å²) < 4.78 is 5.47. The number of nitrogens with one attached hydrogen (secondary N) is 2. The average Bonchev–Trinajstić information content (AvgIpc) is 2.44. The van der Waals surface area contributed by atoms with E-state index in [4.69, 9.17) is 4.42 Å². The van der Waals surface area contributed by atoms with Crippen molar-refractivity contribution in [2.75, 3.05) is 13.1 Å². The van der Waals surface area contributed by atoms with Crippen LogP contribution in [-0.2, 0) is 6.54 Å². The first kappa shape index (κ1) is 13.2. The van der Waals surface area contributed by atoms with Gasteiger partial charge in [0, 0.05) is 18.6 Å². The lowest BCUT2D eigenvalue weighted by Crippen LogP contribution is -2.40. The number of aromatic nitrogens is 1. The van der Waals surface area contributed by atoms with Gasteiger partial charge < -0.3 is 15.1 Å². The van der Waals surface area contributed by atoms with Crippen LogP contribution in [0.3, 0.4) is 0 Å². The third-order valence-electron chi connectivity index (χ3n) is 2.31. The van der Waals surface area contributed by atoms with Crippen LogP contribution in [0.1, 0.15) is 38.1 Å². The fourth-order valence-corrected chi connectivity index (χ4v) is 1.34. The zero-order valence-electron chi connectivity index (χ0n) is 11.0. The third-order valence-corrected chi connectivity index (χ3v) is 2.31. The van der Waals surface area contributed by atoms with Crippen LogP contribution in [0.25, 0.3) is 0 Å². The van der Waals surface area contributed by atoms with Crippen LogP contribution in [0.15, 0.2) is 4.42 Å². The van der Waals surface area contributed by atoms with Gasteiger partial charge in [0.25, 0.3) is 0 Å². The molecule has 92 valence electrons. The minimum Gasteiger partial charge on any atom is -0.444 e. The highest BCUT2D eigenvalue weighted by molar-refractivity contribution is 5.05. The van der Waals surface area contributed by atoms with Gasteiger partial charge in [-0.2, -0.15) is 0 Å². The number of oxazole rings is 1. The number of hydrogen-bond acceptors (Lipinski definition) is 4. The fraction of sp³-hybridized carbons (Fsp3) is 0.750. The van der Waals surface area contributed by atoms with E-state index < -0.39 is 0 Å². The number of hydrogen-bond donors (Lipinski definition) is 2. The summed E-state index contributed by atoms with van der Waals surface area (Å²) in [6, 6.07) is 0. The lowest BCUT2D eigenvalue weighted by Gasteiger charge is -2.20. The van der Waals surface area contributed by atoms with Crippen LogP contribution in [0.2, 0.25) is 0 Å². The summed E-state index contributed by atoms with van der Waals surface area (Å²) in [5, 5.41) is 6.71. The summed E-state index contributed by atoms with van der Waals surface area (Å²) in [6.07, 6.45) is 0. The van der Waals surface area contributed by atoms with E-state index in [1.807, 2.05) is 13.8 Å². The molecule has 0 saturated heterocycles. The Labute approximate surface area is 97.8 Å². The van der Waals surface area contributed by atoms with E-state index in [0.29, 0.717) is 6.54 Å². The molecule has 0 amide bonds. The second-order valence-electron chi connectivity index (χ2n) is 5.10. The maximum absolute atomic E-state index is 5.47. The molecular weight excluding hydrogens is 202 g/mol. The molecular formula is C12H23N3O. The Kier molecular flexibility index (Phi) is 4.50. The SMILES string of the molecule is Cc1nc(CNCCNC(C)(C)C)oc1C. The number of rotatable bonds is 5. The summed E-state index contributed by atoms with van der Waals surface area (Å²) in [5.74, 6) is 1.68. The van der Waals surface area contributed by atoms with Crippen molar-refractivity contribution in [3.63, 3.8) is 0 Å². The maximum atomic E-state index is 5.47. The van der Waals surface area contributed by atoms with E-state index in [0.717, 1.165) is 30.4 Å². The highest BCUT2D eigenvalue weighted by Gasteiger charge is 2.07. The van der Waals surface area contributed by atoms with Gasteiger partial charge in [0.1, 0.15) is 5.76 Å². The minimum absolute atomic E-state index is 0.178. The fourth-order valence-electron chi connectivity index (χ4n) is 1.34. The topological polar surface area (TPSA) is 50.1 Å². The first-order chi connectivity index (χ1) is 7.38. The smallest absolute Gasteiger partial charge is 0.208 e. The van der Waals surface area contributed by atoms with Crippen molar-refractivity contribution >= 4 is 0 Å². The zero-order chi connectivity index (χ0) is 12.2. The van der Waals surface area contributed by atoms with Gasteiger partial charge in [0.2, 0.25) is 5.89 Å². The van der Waals surface area contributed by atoms with Crippen molar-refractivity contribution in [2.45, 2.75) is 46.7 Å². The van der Waals surface area contributed by atoms with Crippen molar-refractivity contribution < 1.29 is 4.42 Å². The molecule has 4 nitrogen and oxygen atoms in total. The Morgan fingerprint density at radius 3 is 2.38 bits per heavy atom. The van der Waals surface area contributed by atoms with Gasteiger partial charge in [-0.3, -0.25) is 0 Å². The second kappa shape index (κ2) is 5.46. The van der Waals surface area contributed by atoms with Gasteiger partial charge >= 0.3 is 0 Å². The van der Waals surface area contributed by atoms with Gasteiger partial charge in [0.05, 0.1) is 12.2 Å². The summed E-state index contributed by atoms with van der Waals surface area (Å²) in [7, 11) is 0. The van der Waals surface area contributed by atoms with E-state index in [1.54, 1.807) is 0 Å². The second-order valence-corrected chi connectivity index (χ2v) is 5.10. The van der Waals surface area contributed by atoms with Crippen LogP contribution in [0.4, 0.5) is 0 Å². The average molecular weight is 225 g/mol. The molecule has 0 atom stereocenters. The first-order valence-electron chi connectivity index (χ1n) is 5.77. The predicted octanol–water partition coefficient (Wildman–Crippen LogP) is 1.77. The van der Waals surface area contributed by atoms with Gasteiger partial charge in [-0.15, -0.1) is 0 Å². The zero-order valence-corrected chi connectivity index (χ0v) is 11.0. The van der Waals surface area contributed by atoms with E-state index in [1.165, 1.54) is 0 Å². The Bertz CT molecular complexity index is 306. The Morgan fingerprint density at radius 2 is 1.88 bits per heavy atom. The molecule has 0 aliphatic heterocycles. The van der Waals surface area contributed by atoms with Crippen molar-refractivity contribution in [1.82, 2.24) is 15.6 Å². The van der Waals surface area contributed by atoms with Crippen LogP contribution in [-0.4, -0.2) is 23.6 Å². The van der Waals surface area contributed by atoms with Crippen LogP contribution < -0.4 is 10.6 Å². The molecule has 0 aromatic carbocycles. The molecule has 0 saturated carbocycles. The van der Waals surface area contributed by atoms with E-state index >= 15 is 0 Å². The van der Waals surface area contributed by atoms with Crippen LogP contribution >= 0.6 is 0 Å². The molecule has 0 aliphatic rings. The van der Waals surface area contributed by atoms with Crippen molar-refractivity contribution in [3.05, 3.63) is 17.3 Å². The summed E-state index contributed by atoms with van der Waals surface area (Å²) >= 11 is 0. The minimum atomic E-state index is 0.178. The highest BCUT2D eigenvalue weighted by Crippen LogP contribution is 2.07. The first-order valence-corrected chi connectivity index (χ1v) is 5.77. The van der Waals surface area contributed by atoms with Crippen molar-refractivity contribution in [2.24, 2.45) is 0 Å². The van der Waals surface area contributed by atoms with E-state index in [2.05, 4.69) is 36.4 Å². The molecule has 1 rings (SSSR count). The van der Waals surface area contributed by atoms with Gasteiger partial charge in [-0.05, 0) is 34.6 Å². The summed E-state index contributed by atoms with van der Waals surface area (Å²) in [6.45, 7) is 12.9. The molecule has 1 aromatic rings. The van der Waals surface area contributed by atoms with Gasteiger partial charge in [-0.25, -0.2) is 4.98 Å². The maximum Gasteiger partial charge on any atom is 0.208 e. The lowest BCUT2D eigenvalue weighted by molar-refractivity contribution is 0.409. The lowest BCUT2D eigenvalue weighted by atomic mass is 10.1. The Balaban J connectivity index is 2.16. The van der Waals surface area contributed by atoms with Crippen LogP contribution in [0, 0.1) is 13.8 Å². The molecule has 4 heteroatoms. The molecule has 0 radical (unpaired) electrons. The standard InChI is InChI=1S/C12H23N3O/c1-9-10(2)16-11(15-9)8-13-6-7-14-12(3,4)5/h13-14H,6-8H2,1-5H3. The summed E-state index contributed by atoms with van der Waals surface area (Å²) in [4.78, 5) is 4.31. The Morgan fingerprint density at radius 1 is 1.19 bits per heavy atom. The van der Waals surface area contributed by atoms with Gasteiger partial charge in [-0.1, -0.05) is 0 Å². The number of aryl methyl sites for hydroxylation is 2.